The lowest BCUT2D eigenvalue weighted by Gasteiger charge is -2.30. The van der Waals surface area contributed by atoms with E-state index in [1.807, 2.05) is 18.2 Å². The van der Waals surface area contributed by atoms with Crippen molar-refractivity contribution in [2.24, 2.45) is 5.73 Å². The van der Waals surface area contributed by atoms with Crippen molar-refractivity contribution in [2.75, 3.05) is 20.2 Å². The molecule has 2 rings (SSSR count). The third-order valence-corrected chi connectivity index (χ3v) is 3.68. The fourth-order valence-corrected chi connectivity index (χ4v) is 2.60. The molecular formula is C14H20N2O2S. The average Bonchev–Trinajstić information content (AvgIpc) is 2.38. The number of nitrogens with zero attached hydrogens (tertiary/aromatic N) is 1. The predicted molar refractivity (Wildman–Crippen MR) is 79.4 cm³/mol. The Morgan fingerprint density at radius 2 is 2.37 bits per heavy atom. The van der Waals surface area contributed by atoms with E-state index < -0.39 is 0 Å². The molecule has 0 aromatic heterocycles. The molecule has 3 N–H and O–H groups in total. The third-order valence-electron chi connectivity index (χ3n) is 3.44. The molecule has 4 nitrogen and oxygen atoms in total. The monoisotopic (exact) mass is 280 g/mol. The highest BCUT2D eigenvalue weighted by atomic mass is 32.1. The minimum atomic E-state index is -0.224. The van der Waals surface area contributed by atoms with Gasteiger partial charge in [-0.15, -0.1) is 0 Å². The van der Waals surface area contributed by atoms with Crippen molar-refractivity contribution < 1.29 is 9.84 Å². The molecule has 0 aliphatic carbocycles. The van der Waals surface area contributed by atoms with Gasteiger partial charge in [-0.05, 0) is 37.6 Å². The first kappa shape index (κ1) is 14.2. The van der Waals surface area contributed by atoms with Crippen molar-refractivity contribution in [1.82, 2.24) is 4.90 Å². The molecule has 0 bridgehead atoms. The Labute approximate surface area is 119 Å². The molecule has 1 unspecified atom stereocenters. The quantitative estimate of drug-likeness (QED) is 0.814. The number of thiocarbonyl (C=S) groups is 1. The SMILES string of the molecule is COc1ccc(C(N)=S)cc1CN1CCCC(O)C1. The Bertz CT molecular complexity index is 465. The first-order chi connectivity index (χ1) is 9.10. The highest BCUT2D eigenvalue weighted by Gasteiger charge is 2.19. The molecule has 1 saturated heterocycles. The number of benzene rings is 1. The highest BCUT2D eigenvalue weighted by Crippen LogP contribution is 2.23. The van der Waals surface area contributed by atoms with Crippen molar-refractivity contribution in [3.63, 3.8) is 0 Å². The van der Waals surface area contributed by atoms with Crippen LogP contribution in [0.2, 0.25) is 0 Å². The Hall–Kier alpha value is -1.17. The number of rotatable bonds is 4. The smallest absolute Gasteiger partial charge is 0.123 e. The molecule has 1 aromatic rings. The largest absolute Gasteiger partial charge is 0.496 e. The molecule has 0 amide bonds. The number of nitrogens with two attached hydrogens (primary N) is 1. The number of hydrogen-bond donors (Lipinski definition) is 2. The van der Waals surface area contributed by atoms with E-state index in [0.29, 0.717) is 11.5 Å². The molecule has 19 heavy (non-hydrogen) atoms. The summed E-state index contributed by atoms with van der Waals surface area (Å²) in [6.07, 6.45) is 1.69. The molecular weight excluding hydrogens is 260 g/mol. The van der Waals surface area contributed by atoms with Crippen molar-refractivity contribution in [3.8, 4) is 5.75 Å². The standard InChI is InChI=1S/C14H20N2O2S/c1-18-13-5-4-10(14(15)19)7-11(13)8-16-6-2-3-12(17)9-16/h4-5,7,12,17H,2-3,6,8-9H2,1H3,(H2,15,19). The second-order valence-corrected chi connectivity index (χ2v) is 5.36. The molecule has 1 heterocycles. The lowest BCUT2D eigenvalue weighted by molar-refractivity contribution is 0.0664. The topological polar surface area (TPSA) is 58.7 Å². The second-order valence-electron chi connectivity index (χ2n) is 4.92. The summed E-state index contributed by atoms with van der Waals surface area (Å²) in [4.78, 5) is 2.62. The van der Waals surface area contributed by atoms with Crippen LogP contribution in [0, 0.1) is 0 Å². The van der Waals surface area contributed by atoms with E-state index in [1.54, 1.807) is 7.11 Å². The van der Waals surface area contributed by atoms with Gasteiger partial charge in [-0.2, -0.15) is 0 Å². The number of piperidine rings is 1. The van der Waals surface area contributed by atoms with Gasteiger partial charge < -0.3 is 15.6 Å². The summed E-state index contributed by atoms with van der Waals surface area (Å²) >= 11 is 5.01. The Balaban J connectivity index is 2.17. The first-order valence-electron chi connectivity index (χ1n) is 6.47. The van der Waals surface area contributed by atoms with Crippen molar-refractivity contribution >= 4 is 17.2 Å². The molecule has 1 aliphatic rings. The lowest BCUT2D eigenvalue weighted by atomic mass is 10.1. The van der Waals surface area contributed by atoms with Crippen LogP contribution in [0.5, 0.6) is 5.75 Å². The van der Waals surface area contributed by atoms with Gasteiger partial charge in [-0.1, -0.05) is 12.2 Å². The van der Waals surface area contributed by atoms with Gasteiger partial charge in [0.1, 0.15) is 10.7 Å². The van der Waals surface area contributed by atoms with E-state index in [1.165, 1.54) is 0 Å². The summed E-state index contributed by atoms with van der Waals surface area (Å²) in [5.74, 6) is 0.833. The lowest BCUT2D eigenvalue weighted by Crippen LogP contribution is -2.37. The molecule has 1 atom stereocenters. The van der Waals surface area contributed by atoms with Gasteiger partial charge in [0.15, 0.2) is 0 Å². The maximum absolute atomic E-state index is 9.71. The van der Waals surface area contributed by atoms with E-state index in [0.717, 1.165) is 42.8 Å². The predicted octanol–water partition coefficient (Wildman–Crippen LogP) is 1.29. The zero-order chi connectivity index (χ0) is 13.8. The fraction of sp³-hybridized carbons (Fsp3) is 0.500. The van der Waals surface area contributed by atoms with Crippen LogP contribution in [0.1, 0.15) is 24.0 Å². The summed E-state index contributed by atoms with van der Waals surface area (Å²) in [5, 5.41) is 9.71. The second kappa shape index (κ2) is 6.32. The number of hydrogen-bond acceptors (Lipinski definition) is 4. The van der Waals surface area contributed by atoms with Crippen molar-refractivity contribution in [2.45, 2.75) is 25.5 Å². The van der Waals surface area contributed by atoms with E-state index in [2.05, 4.69) is 4.90 Å². The van der Waals surface area contributed by atoms with Crippen LogP contribution in [0.15, 0.2) is 18.2 Å². The van der Waals surface area contributed by atoms with Gasteiger partial charge in [0.2, 0.25) is 0 Å². The molecule has 104 valence electrons. The van der Waals surface area contributed by atoms with Gasteiger partial charge in [-0.25, -0.2) is 0 Å². The van der Waals surface area contributed by atoms with Crippen LogP contribution < -0.4 is 10.5 Å². The van der Waals surface area contributed by atoms with Crippen molar-refractivity contribution in [1.29, 1.82) is 0 Å². The summed E-state index contributed by atoms with van der Waals surface area (Å²) in [6.45, 7) is 2.45. The molecule has 0 saturated carbocycles. The molecule has 0 spiro atoms. The minimum absolute atomic E-state index is 0.224. The van der Waals surface area contributed by atoms with E-state index in [-0.39, 0.29) is 6.10 Å². The maximum atomic E-state index is 9.71. The summed E-state index contributed by atoms with van der Waals surface area (Å²) in [7, 11) is 1.66. The molecule has 1 aliphatic heterocycles. The van der Waals surface area contributed by atoms with Gasteiger partial charge in [-0.3, -0.25) is 4.90 Å². The number of aliphatic hydroxyl groups is 1. The van der Waals surface area contributed by atoms with Gasteiger partial charge in [0.05, 0.1) is 13.2 Å². The van der Waals surface area contributed by atoms with Crippen molar-refractivity contribution in [3.05, 3.63) is 29.3 Å². The average molecular weight is 280 g/mol. The molecule has 0 radical (unpaired) electrons. The van der Waals surface area contributed by atoms with E-state index in [4.69, 9.17) is 22.7 Å². The zero-order valence-electron chi connectivity index (χ0n) is 11.1. The normalized spacial score (nSPS) is 20.2. The number of methoxy groups -OCH3 is 1. The minimum Gasteiger partial charge on any atom is -0.496 e. The van der Waals surface area contributed by atoms with E-state index >= 15 is 0 Å². The van der Waals surface area contributed by atoms with Crippen LogP contribution in [0.4, 0.5) is 0 Å². The number of ether oxygens (including phenoxy) is 1. The summed E-state index contributed by atoms with van der Waals surface area (Å²) in [6, 6.07) is 5.74. The van der Waals surface area contributed by atoms with Crippen LogP contribution in [0.25, 0.3) is 0 Å². The summed E-state index contributed by atoms with van der Waals surface area (Å²) in [5.41, 5.74) is 7.57. The fourth-order valence-electron chi connectivity index (χ4n) is 2.47. The Morgan fingerprint density at radius 3 is 3.00 bits per heavy atom. The van der Waals surface area contributed by atoms with E-state index in [9.17, 15) is 5.11 Å². The van der Waals surface area contributed by atoms with Crippen LogP contribution >= 0.6 is 12.2 Å². The molecule has 5 heteroatoms. The zero-order valence-corrected chi connectivity index (χ0v) is 11.9. The summed E-state index contributed by atoms with van der Waals surface area (Å²) < 4.78 is 5.38. The van der Waals surface area contributed by atoms with Gasteiger partial charge in [0, 0.05) is 24.2 Å². The number of likely N-dealkylation sites (tertiary alicyclic amines) is 1. The van der Waals surface area contributed by atoms with Gasteiger partial charge >= 0.3 is 0 Å². The van der Waals surface area contributed by atoms with Crippen LogP contribution in [0.3, 0.4) is 0 Å². The highest BCUT2D eigenvalue weighted by molar-refractivity contribution is 7.80. The van der Waals surface area contributed by atoms with Crippen LogP contribution in [-0.4, -0.2) is 41.3 Å². The molecule has 1 fully saturated rings. The maximum Gasteiger partial charge on any atom is 0.123 e. The first-order valence-corrected chi connectivity index (χ1v) is 6.88. The third kappa shape index (κ3) is 3.65. The van der Waals surface area contributed by atoms with Gasteiger partial charge in [0.25, 0.3) is 0 Å². The van der Waals surface area contributed by atoms with Crippen LogP contribution in [-0.2, 0) is 6.54 Å². The number of aliphatic hydroxyl groups excluding tert-OH is 1. The Morgan fingerprint density at radius 1 is 1.58 bits per heavy atom. The molecule has 1 aromatic carbocycles. The Kier molecular flexibility index (Phi) is 4.74. The number of β-amino-alcohol motifs (C(OH)–C–C–N with tert-alkyl or cyclic N) is 1.